The van der Waals surface area contributed by atoms with Crippen LogP contribution < -0.4 is 9.80 Å². The van der Waals surface area contributed by atoms with Crippen LogP contribution in [0.1, 0.15) is 16.2 Å². The molecule has 23 heavy (non-hydrogen) atoms. The number of aryl methyl sites for hydroxylation is 1. The van der Waals surface area contributed by atoms with Crippen LogP contribution in [0.15, 0.2) is 29.1 Å². The predicted octanol–water partition coefficient (Wildman–Crippen LogP) is 1.41. The van der Waals surface area contributed by atoms with Gasteiger partial charge in [-0.15, -0.1) is 0 Å². The van der Waals surface area contributed by atoms with E-state index in [1.165, 1.54) is 12.5 Å². The van der Waals surface area contributed by atoms with Crippen LogP contribution in [0.25, 0.3) is 0 Å². The van der Waals surface area contributed by atoms with Crippen LogP contribution in [0.4, 0.5) is 11.6 Å². The molecule has 0 aromatic carbocycles. The first-order valence-corrected chi connectivity index (χ1v) is 7.64. The molecule has 7 nitrogen and oxygen atoms in total. The maximum Gasteiger partial charge on any atom is 0.257 e. The molecule has 3 heterocycles. The molecule has 2 aromatic rings. The van der Waals surface area contributed by atoms with Crippen molar-refractivity contribution < 1.29 is 9.21 Å². The van der Waals surface area contributed by atoms with Gasteiger partial charge in [0.2, 0.25) is 0 Å². The topological polar surface area (TPSA) is 65.7 Å². The maximum absolute atomic E-state index is 12.3. The maximum atomic E-state index is 12.3. The summed E-state index contributed by atoms with van der Waals surface area (Å²) >= 11 is 0. The van der Waals surface area contributed by atoms with Crippen molar-refractivity contribution in [2.24, 2.45) is 0 Å². The fourth-order valence-corrected chi connectivity index (χ4v) is 2.64. The minimum absolute atomic E-state index is 0.0197. The molecule has 0 bridgehead atoms. The summed E-state index contributed by atoms with van der Waals surface area (Å²) in [5.41, 5.74) is 0.603. The Morgan fingerprint density at radius 2 is 1.96 bits per heavy atom. The number of anilines is 2. The van der Waals surface area contributed by atoms with Crippen LogP contribution >= 0.6 is 0 Å². The summed E-state index contributed by atoms with van der Waals surface area (Å²) in [6.07, 6.45) is 3.02. The van der Waals surface area contributed by atoms with Gasteiger partial charge in [-0.25, -0.2) is 9.97 Å². The van der Waals surface area contributed by atoms with E-state index >= 15 is 0 Å². The summed E-state index contributed by atoms with van der Waals surface area (Å²) in [6.45, 7) is 4.75. The van der Waals surface area contributed by atoms with E-state index in [9.17, 15) is 4.79 Å². The molecule has 1 amide bonds. The second-order valence-corrected chi connectivity index (χ2v) is 5.82. The molecule has 2 aromatic heterocycles. The molecule has 1 saturated heterocycles. The zero-order chi connectivity index (χ0) is 16.4. The van der Waals surface area contributed by atoms with E-state index in [4.69, 9.17) is 4.42 Å². The van der Waals surface area contributed by atoms with Gasteiger partial charge in [0.05, 0.1) is 11.8 Å². The number of aromatic nitrogens is 2. The minimum Gasteiger partial charge on any atom is -0.472 e. The van der Waals surface area contributed by atoms with E-state index in [0.29, 0.717) is 18.7 Å². The Morgan fingerprint density at radius 1 is 1.22 bits per heavy atom. The monoisotopic (exact) mass is 315 g/mol. The highest BCUT2D eigenvalue weighted by atomic mass is 16.3. The van der Waals surface area contributed by atoms with Crippen molar-refractivity contribution in [3.63, 3.8) is 0 Å². The number of amides is 1. The van der Waals surface area contributed by atoms with Gasteiger partial charge in [-0.2, -0.15) is 0 Å². The van der Waals surface area contributed by atoms with Gasteiger partial charge in [-0.05, 0) is 13.0 Å². The molecule has 1 aliphatic heterocycles. The molecule has 1 fully saturated rings. The normalized spacial score (nSPS) is 14.9. The molecule has 7 heteroatoms. The van der Waals surface area contributed by atoms with Gasteiger partial charge in [-0.3, -0.25) is 4.79 Å². The lowest BCUT2D eigenvalue weighted by atomic mass is 10.2. The third kappa shape index (κ3) is 3.28. The predicted molar refractivity (Wildman–Crippen MR) is 87.9 cm³/mol. The molecule has 3 rings (SSSR count). The Labute approximate surface area is 135 Å². The number of carbonyl (C=O) groups is 1. The molecule has 0 radical (unpaired) electrons. The summed E-state index contributed by atoms with van der Waals surface area (Å²) in [6, 6.07) is 3.69. The number of rotatable bonds is 3. The molecule has 0 atom stereocenters. The van der Waals surface area contributed by atoms with Gasteiger partial charge in [0, 0.05) is 46.3 Å². The number of furan rings is 1. The Hall–Kier alpha value is -2.57. The Balaban J connectivity index is 1.68. The summed E-state index contributed by atoms with van der Waals surface area (Å²) in [5, 5.41) is 0. The zero-order valence-corrected chi connectivity index (χ0v) is 13.7. The van der Waals surface area contributed by atoms with Crippen molar-refractivity contribution in [1.82, 2.24) is 14.9 Å². The first kappa shape index (κ1) is 15.3. The summed E-state index contributed by atoms with van der Waals surface area (Å²) < 4.78 is 4.99. The van der Waals surface area contributed by atoms with Gasteiger partial charge in [0.25, 0.3) is 5.91 Å². The van der Waals surface area contributed by atoms with Gasteiger partial charge in [-0.1, -0.05) is 0 Å². The van der Waals surface area contributed by atoms with Gasteiger partial charge < -0.3 is 19.1 Å². The number of hydrogen-bond donors (Lipinski definition) is 0. The van der Waals surface area contributed by atoms with E-state index in [2.05, 4.69) is 14.9 Å². The second-order valence-electron chi connectivity index (χ2n) is 5.82. The lowest BCUT2D eigenvalue weighted by Gasteiger charge is -2.35. The van der Waals surface area contributed by atoms with Gasteiger partial charge >= 0.3 is 0 Å². The standard InChI is InChI=1S/C16H21N5O2/c1-12-17-14(19(2)3)10-15(18-12)20-5-7-21(8-6-20)16(22)13-4-9-23-11-13/h4,9-11H,5-8H2,1-3H3. The Morgan fingerprint density at radius 3 is 2.57 bits per heavy atom. The van der Waals surface area contributed by atoms with Crippen molar-refractivity contribution in [2.75, 3.05) is 50.1 Å². The number of piperazine rings is 1. The summed E-state index contributed by atoms with van der Waals surface area (Å²) in [7, 11) is 3.93. The smallest absolute Gasteiger partial charge is 0.257 e. The van der Waals surface area contributed by atoms with Crippen LogP contribution in [0.5, 0.6) is 0 Å². The number of hydrogen-bond acceptors (Lipinski definition) is 6. The Kier molecular flexibility index (Phi) is 4.18. The van der Waals surface area contributed by atoms with Crippen molar-refractivity contribution >= 4 is 17.5 Å². The van der Waals surface area contributed by atoms with Gasteiger partial charge in [0.15, 0.2) is 0 Å². The molecule has 0 unspecified atom stereocenters. The Bertz CT molecular complexity index is 676. The van der Waals surface area contributed by atoms with Crippen molar-refractivity contribution in [3.8, 4) is 0 Å². The largest absolute Gasteiger partial charge is 0.472 e. The molecule has 122 valence electrons. The lowest BCUT2D eigenvalue weighted by molar-refractivity contribution is 0.0746. The summed E-state index contributed by atoms with van der Waals surface area (Å²) in [5.74, 6) is 2.58. The molecule has 1 aliphatic rings. The van der Waals surface area contributed by atoms with Crippen LogP contribution in [0.3, 0.4) is 0 Å². The first-order valence-electron chi connectivity index (χ1n) is 7.64. The van der Waals surface area contributed by atoms with Crippen LogP contribution in [-0.2, 0) is 0 Å². The molecule has 0 spiro atoms. The van der Waals surface area contributed by atoms with Crippen molar-refractivity contribution in [1.29, 1.82) is 0 Å². The van der Waals surface area contributed by atoms with E-state index < -0.39 is 0 Å². The fourth-order valence-electron chi connectivity index (χ4n) is 2.64. The molecular formula is C16H21N5O2. The molecule has 0 N–H and O–H groups in total. The fraction of sp³-hybridized carbons (Fsp3) is 0.438. The quantitative estimate of drug-likeness (QED) is 0.853. The molecule has 0 saturated carbocycles. The average molecular weight is 315 g/mol. The van der Waals surface area contributed by atoms with Gasteiger partial charge in [0.1, 0.15) is 23.7 Å². The molecular weight excluding hydrogens is 294 g/mol. The zero-order valence-electron chi connectivity index (χ0n) is 13.7. The highest BCUT2D eigenvalue weighted by Crippen LogP contribution is 2.19. The van der Waals surface area contributed by atoms with E-state index in [-0.39, 0.29) is 5.91 Å². The average Bonchev–Trinajstić information content (AvgIpc) is 3.08. The van der Waals surface area contributed by atoms with Crippen LogP contribution in [0.2, 0.25) is 0 Å². The third-order valence-corrected chi connectivity index (χ3v) is 3.93. The number of nitrogens with zero attached hydrogens (tertiary/aromatic N) is 5. The van der Waals surface area contributed by atoms with E-state index in [0.717, 1.165) is 30.5 Å². The summed E-state index contributed by atoms with van der Waals surface area (Å²) in [4.78, 5) is 27.3. The highest BCUT2D eigenvalue weighted by molar-refractivity contribution is 5.94. The van der Waals surface area contributed by atoms with E-state index in [1.54, 1.807) is 6.07 Å². The van der Waals surface area contributed by atoms with Crippen LogP contribution in [-0.4, -0.2) is 61.0 Å². The van der Waals surface area contributed by atoms with Crippen molar-refractivity contribution in [2.45, 2.75) is 6.92 Å². The second kappa shape index (κ2) is 6.28. The molecule has 0 aliphatic carbocycles. The third-order valence-electron chi connectivity index (χ3n) is 3.93. The SMILES string of the molecule is Cc1nc(N(C)C)cc(N2CCN(C(=O)c3ccoc3)CC2)n1. The van der Waals surface area contributed by atoms with E-state index in [1.807, 2.05) is 36.9 Å². The lowest BCUT2D eigenvalue weighted by Crippen LogP contribution is -2.49. The highest BCUT2D eigenvalue weighted by Gasteiger charge is 2.24. The minimum atomic E-state index is 0.0197. The first-order chi connectivity index (χ1) is 11.0. The van der Waals surface area contributed by atoms with Crippen molar-refractivity contribution in [3.05, 3.63) is 36.0 Å². The van der Waals surface area contributed by atoms with Crippen LogP contribution in [0, 0.1) is 6.92 Å². The number of carbonyl (C=O) groups excluding carboxylic acids is 1.